The molecule has 0 amide bonds. The summed E-state index contributed by atoms with van der Waals surface area (Å²) in [5.74, 6) is -1.50. The molecule has 17 heavy (non-hydrogen) atoms. The molecule has 90 valence electrons. The van der Waals surface area contributed by atoms with Crippen LogP contribution in [0, 0.1) is 0 Å². The number of aliphatic hydroxyl groups is 1. The van der Waals surface area contributed by atoms with Crippen molar-refractivity contribution in [1.82, 2.24) is 0 Å². The summed E-state index contributed by atoms with van der Waals surface area (Å²) in [6, 6.07) is 6.55. The molecule has 6 nitrogen and oxygen atoms in total. The Hall–Kier alpha value is -1.70. The molecular formula is C10H8O6S. The molecule has 2 N–H and O–H groups in total. The Kier molecular flexibility index (Phi) is 2.74. The summed E-state index contributed by atoms with van der Waals surface area (Å²) in [6.45, 7) is 0. The topological polar surface area (TPSA) is 105 Å². The van der Waals surface area contributed by atoms with Crippen molar-refractivity contribution in [2.75, 3.05) is 0 Å². The van der Waals surface area contributed by atoms with E-state index in [0.717, 1.165) is 0 Å². The predicted octanol–water partition coefficient (Wildman–Crippen LogP) is 0.822. The maximum absolute atomic E-state index is 11.6. The maximum Gasteiger partial charge on any atom is 0.300 e. The highest BCUT2D eigenvalue weighted by molar-refractivity contribution is 7.87. The van der Waals surface area contributed by atoms with Crippen LogP contribution in [-0.4, -0.2) is 29.3 Å². The average molecular weight is 256 g/mol. The van der Waals surface area contributed by atoms with Gasteiger partial charge in [-0.1, -0.05) is 24.3 Å². The minimum absolute atomic E-state index is 0.300. The highest BCUT2D eigenvalue weighted by atomic mass is 32.2. The van der Waals surface area contributed by atoms with Gasteiger partial charge in [0, 0.05) is 10.8 Å². The number of Topliss-reactive ketones (excluding diaryl/α,β-unsaturated/α-hetero) is 1. The quantitative estimate of drug-likeness (QED) is 0.622. The lowest BCUT2D eigenvalue weighted by atomic mass is 10.1. The number of rotatable bonds is 3. The van der Waals surface area contributed by atoms with Crippen molar-refractivity contribution in [2.24, 2.45) is 0 Å². The van der Waals surface area contributed by atoms with Gasteiger partial charge in [-0.3, -0.25) is 9.35 Å². The first-order chi connectivity index (χ1) is 7.91. The molecule has 1 unspecified atom stereocenters. The lowest BCUT2D eigenvalue weighted by Gasteiger charge is -2.03. The second-order valence-electron chi connectivity index (χ2n) is 3.38. The highest BCUT2D eigenvalue weighted by Crippen LogP contribution is 2.22. The molecule has 1 atom stereocenters. The Balaban J connectivity index is 2.51. The van der Waals surface area contributed by atoms with E-state index in [1.54, 1.807) is 24.3 Å². The Labute approximate surface area is 96.2 Å². The zero-order chi connectivity index (χ0) is 12.6. The standard InChI is InChI=1S/C10H8O6S/c11-8(10(12)17(13,14)15)9-7-4-2-1-3-6(7)5-16-9/h1-5,10,12H,(H,13,14,15). The molecule has 2 aromatic rings. The van der Waals surface area contributed by atoms with Gasteiger partial charge in [-0.25, -0.2) is 0 Å². The van der Waals surface area contributed by atoms with E-state index in [-0.39, 0.29) is 5.76 Å². The van der Waals surface area contributed by atoms with E-state index in [4.69, 9.17) is 14.1 Å². The van der Waals surface area contributed by atoms with E-state index < -0.39 is 21.3 Å². The fourth-order valence-electron chi connectivity index (χ4n) is 1.43. The van der Waals surface area contributed by atoms with Gasteiger partial charge in [-0.2, -0.15) is 8.42 Å². The van der Waals surface area contributed by atoms with E-state index in [1.807, 2.05) is 0 Å². The van der Waals surface area contributed by atoms with Crippen LogP contribution >= 0.6 is 0 Å². The Morgan fingerprint density at radius 3 is 2.59 bits per heavy atom. The van der Waals surface area contributed by atoms with Crippen molar-refractivity contribution in [2.45, 2.75) is 5.44 Å². The van der Waals surface area contributed by atoms with Gasteiger partial charge in [-0.05, 0) is 0 Å². The summed E-state index contributed by atoms with van der Waals surface area (Å²) in [6.07, 6.45) is 1.26. The van der Waals surface area contributed by atoms with Crippen LogP contribution < -0.4 is 0 Å². The predicted molar refractivity (Wildman–Crippen MR) is 58.1 cm³/mol. The van der Waals surface area contributed by atoms with Gasteiger partial charge in [0.15, 0.2) is 5.76 Å². The van der Waals surface area contributed by atoms with E-state index in [0.29, 0.717) is 10.8 Å². The minimum Gasteiger partial charge on any atom is -0.460 e. The van der Waals surface area contributed by atoms with E-state index in [2.05, 4.69) is 0 Å². The zero-order valence-corrected chi connectivity index (χ0v) is 9.22. The van der Waals surface area contributed by atoms with Crippen LogP contribution in [0.4, 0.5) is 0 Å². The molecule has 0 aliphatic heterocycles. The normalized spacial score (nSPS) is 13.8. The first-order valence-corrected chi connectivity index (χ1v) is 6.06. The molecular weight excluding hydrogens is 248 g/mol. The van der Waals surface area contributed by atoms with Crippen molar-refractivity contribution >= 4 is 26.7 Å². The van der Waals surface area contributed by atoms with E-state index in [9.17, 15) is 13.2 Å². The lowest BCUT2D eigenvalue weighted by Crippen LogP contribution is -2.29. The van der Waals surface area contributed by atoms with E-state index >= 15 is 0 Å². The Bertz CT molecular complexity index is 669. The fourth-order valence-corrected chi connectivity index (χ4v) is 1.81. The monoisotopic (exact) mass is 256 g/mol. The van der Waals surface area contributed by atoms with Crippen LogP contribution in [0.25, 0.3) is 10.8 Å². The van der Waals surface area contributed by atoms with Crippen LogP contribution in [0.1, 0.15) is 10.6 Å². The third-order valence-electron chi connectivity index (χ3n) is 2.24. The molecule has 0 fully saturated rings. The van der Waals surface area contributed by atoms with Gasteiger partial charge >= 0.3 is 0 Å². The number of hydrogen-bond acceptors (Lipinski definition) is 5. The smallest absolute Gasteiger partial charge is 0.300 e. The second kappa shape index (κ2) is 3.95. The number of benzene rings is 1. The molecule has 1 aromatic heterocycles. The Morgan fingerprint density at radius 1 is 1.29 bits per heavy atom. The summed E-state index contributed by atoms with van der Waals surface area (Å²) in [5, 5.41) is 10.1. The molecule has 7 heteroatoms. The minimum atomic E-state index is -4.85. The number of hydrogen-bond donors (Lipinski definition) is 2. The molecule has 0 saturated heterocycles. The molecule has 0 radical (unpaired) electrons. The number of aliphatic hydroxyl groups excluding tert-OH is 1. The van der Waals surface area contributed by atoms with Crippen molar-refractivity contribution < 1.29 is 27.3 Å². The van der Waals surface area contributed by atoms with Crippen LogP contribution in [-0.2, 0) is 10.1 Å². The number of carbonyl (C=O) groups excluding carboxylic acids is 1. The number of carbonyl (C=O) groups is 1. The summed E-state index contributed by atoms with van der Waals surface area (Å²) < 4.78 is 34.8. The largest absolute Gasteiger partial charge is 0.460 e. The molecule has 0 saturated carbocycles. The van der Waals surface area contributed by atoms with Crippen LogP contribution in [0.5, 0.6) is 0 Å². The van der Waals surface area contributed by atoms with Crippen molar-refractivity contribution in [3.63, 3.8) is 0 Å². The summed E-state index contributed by atoms with van der Waals surface area (Å²) in [5.41, 5.74) is -2.53. The lowest BCUT2D eigenvalue weighted by molar-refractivity contribution is 0.0822. The molecule has 0 spiro atoms. The second-order valence-corrected chi connectivity index (χ2v) is 4.86. The van der Waals surface area contributed by atoms with Gasteiger partial charge in [0.25, 0.3) is 10.1 Å². The van der Waals surface area contributed by atoms with Gasteiger partial charge in [0.1, 0.15) is 0 Å². The third-order valence-corrected chi connectivity index (χ3v) is 3.02. The first-order valence-electron chi connectivity index (χ1n) is 4.56. The summed E-state index contributed by atoms with van der Waals surface area (Å²) >= 11 is 0. The summed E-state index contributed by atoms with van der Waals surface area (Å²) in [7, 11) is -4.85. The molecule has 2 rings (SSSR count). The third kappa shape index (κ3) is 2.07. The maximum atomic E-state index is 11.6. The van der Waals surface area contributed by atoms with Crippen molar-refractivity contribution in [1.29, 1.82) is 0 Å². The SMILES string of the molecule is O=C(c1occ2ccccc12)C(O)S(=O)(=O)O. The van der Waals surface area contributed by atoms with E-state index in [1.165, 1.54) is 6.26 Å². The number of furan rings is 1. The van der Waals surface area contributed by atoms with Crippen molar-refractivity contribution in [3.05, 3.63) is 36.3 Å². The molecule has 1 aromatic carbocycles. The van der Waals surface area contributed by atoms with Crippen molar-refractivity contribution in [3.8, 4) is 0 Å². The fraction of sp³-hybridized carbons (Fsp3) is 0.100. The molecule has 0 bridgehead atoms. The molecule has 0 aliphatic carbocycles. The van der Waals surface area contributed by atoms with Gasteiger partial charge in [0.05, 0.1) is 6.26 Å². The highest BCUT2D eigenvalue weighted by Gasteiger charge is 2.32. The zero-order valence-electron chi connectivity index (χ0n) is 8.40. The first kappa shape index (κ1) is 11.8. The van der Waals surface area contributed by atoms with Gasteiger partial charge < -0.3 is 9.52 Å². The van der Waals surface area contributed by atoms with Gasteiger partial charge in [-0.15, -0.1) is 0 Å². The number of fused-ring (bicyclic) bond motifs is 1. The van der Waals surface area contributed by atoms with Crippen LogP contribution in [0.15, 0.2) is 34.9 Å². The van der Waals surface area contributed by atoms with Crippen LogP contribution in [0.2, 0.25) is 0 Å². The average Bonchev–Trinajstić information content (AvgIpc) is 2.69. The molecule has 0 aliphatic rings. The van der Waals surface area contributed by atoms with Crippen LogP contribution in [0.3, 0.4) is 0 Å². The van der Waals surface area contributed by atoms with Gasteiger partial charge in [0.2, 0.25) is 11.2 Å². The summed E-state index contributed by atoms with van der Waals surface area (Å²) in [4.78, 5) is 11.6. The number of ketones is 1. The Morgan fingerprint density at radius 2 is 1.94 bits per heavy atom. The molecule has 1 heterocycles.